The predicted molar refractivity (Wildman–Crippen MR) is 43.7 cm³/mol. The minimum absolute atomic E-state index is 0.420. The summed E-state index contributed by atoms with van der Waals surface area (Å²) in [7, 11) is 0. The van der Waals surface area contributed by atoms with Gasteiger partial charge in [-0.25, -0.2) is 0 Å². The van der Waals surface area contributed by atoms with Gasteiger partial charge >= 0.3 is 0 Å². The van der Waals surface area contributed by atoms with Gasteiger partial charge < -0.3 is 5.32 Å². The van der Waals surface area contributed by atoms with Crippen LogP contribution < -0.4 is 5.32 Å². The molecule has 1 aliphatic carbocycles. The van der Waals surface area contributed by atoms with E-state index in [1.807, 2.05) is 6.92 Å². The fraction of sp³-hybridized carbons (Fsp3) is 0.778. The van der Waals surface area contributed by atoms with Crippen molar-refractivity contribution in [1.82, 2.24) is 5.32 Å². The number of hydrogen-bond acceptors (Lipinski definition) is 1. The first-order chi connectivity index (χ1) is 4.77. The van der Waals surface area contributed by atoms with Crippen LogP contribution in [0.2, 0.25) is 0 Å². The summed E-state index contributed by atoms with van der Waals surface area (Å²) >= 11 is 0. The van der Waals surface area contributed by atoms with Crippen molar-refractivity contribution in [2.45, 2.75) is 38.6 Å². The van der Waals surface area contributed by atoms with E-state index >= 15 is 0 Å². The Kier molecular flexibility index (Phi) is 2.34. The lowest BCUT2D eigenvalue weighted by Gasteiger charge is -2.38. The Morgan fingerprint density at radius 1 is 1.50 bits per heavy atom. The second kappa shape index (κ2) is 3.07. The Balaban J connectivity index is 2.16. The molecule has 0 saturated heterocycles. The first-order valence-corrected chi connectivity index (χ1v) is 3.91. The van der Waals surface area contributed by atoms with Gasteiger partial charge in [0, 0.05) is 5.54 Å². The van der Waals surface area contributed by atoms with Gasteiger partial charge in [0.15, 0.2) is 0 Å². The van der Waals surface area contributed by atoms with Crippen LogP contribution in [0.4, 0.5) is 0 Å². The lowest BCUT2D eigenvalue weighted by Crippen LogP contribution is -2.48. The molecule has 1 heteroatoms. The molecule has 1 nitrogen and oxygen atoms in total. The molecule has 1 N–H and O–H groups in total. The van der Waals surface area contributed by atoms with Gasteiger partial charge in [0.1, 0.15) is 0 Å². The third kappa shape index (κ3) is 1.75. The van der Waals surface area contributed by atoms with Gasteiger partial charge in [-0.2, -0.15) is 0 Å². The minimum atomic E-state index is 0.420. The summed E-state index contributed by atoms with van der Waals surface area (Å²) in [4.78, 5) is 0. The molecule has 1 saturated carbocycles. The Bertz CT molecular complexity index is 157. The number of nitrogens with one attached hydrogen (secondary N) is 1. The van der Waals surface area contributed by atoms with Crippen molar-refractivity contribution in [1.29, 1.82) is 0 Å². The third-order valence-corrected chi connectivity index (χ3v) is 2.24. The summed E-state index contributed by atoms with van der Waals surface area (Å²) in [5.41, 5.74) is 0.420. The van der Waals surface area contributed by atoms with Crippen molar-refractivity contribution in [2.24, 2.45) is 0 Å². The molecule has 1 rings (SSSR count). The fourth-order valence-corrected chi connectivity index (χ4v) is 1.23. The van der Waals surface area contributed by atoms with Gasteiger partial charge in [-0.3, -0.25) is 0 Å². The fourth-order valence-electron chi connectivity index (χ4n) is 1.23. The Morgan fingerprint density at radius 3 is 2.60 bits per heavy atom. The largest absolute Gasteiger partial charge is 0.301 e. The van der Waals surface area contributed by atoms with Crippen molar-refractivity contribution >= 4 is 0 Å². The SMILES string of the molecule is CC#CCNC1(C)CCC1. The van der Waals surface area contributed by atoms with Gasteiger partial charge in [0.2, 0.25) is 0 Å². The summed E-state index contributed by atoms with van der Waals surface area (Å²) in [5, 5.41) is 3.42. The number of rotatable bonds is 2. The van der Waals surface area contributed by atoms with Crippen molar-refractivity contribution in [2.75, 3.05) is 6.54 Å². The molecule has 1 aliphatic rings. The smallest absolute Gasteiger partial charge is 0.0580 e. The van der Waals surface area contributed by atoms with Crippen LogP contribution in [0.5, 0.6) is 0 Å². The first-order valence-electron chi connectivity index (χ1n) is 3.91. The molecule has 0 heterocycles. The summed E-state index contributed by atoms with van der Waals surface area (Å²) in [6, 6.07) is 0. The van der Waals surface area contributed by atoms with Crippen LogP contribution in [0.25, 0.3) is 0 Å². The zero-order chi connectivity index (χ0) is 7.45. The molecule has 0 amide bonds. The molecule has 0 radical (unpaired) electrons. The standard InChI is InChI=1S/C9H15N/c1-3-4-8-10-9(2)6-5-7-9/h10H,5-8H2,1-2H3. The van der Waals surface area contributed by atoms with Crippen molar-refractivity contribution in [3.8, 4) is 11.8 Å². The highest BCUT2D eigenvalue weighted by Crippen LogP contribution is 2.30. The van der Waals surface area contributed by atoms with Crippen LogP contribution in [-0.4, -0.2) is 12.1 Å². The zero-order valence-electron chi connectivity index (χ0n) is 6.83. The van der Waals surface area contributed by atoms with Crippen LogP contribution in [0.15, 0.2) is 0 Å². The quantitative estimate of drug-likeness (QED) is 0.569. The maximum atomic E-state index is 3.42. The highest BCUT2D eigenvalue weighted by atomic mass is 15.0. The lowest BCUT2D eigenvalue weighted by molar-refractivity contribution is 0.218. The van der Waals surface area contributed by atoms with E-state index < -0.39 is 0 Å². The molecule has 0 aromatic rings. The molecule has 0 spiro atoms. The van der Waals surface area contributed by atoms with E-state index in [0.717, 1.165) is 6.54 Å². The van der Waals surface area contributed by atoms with E-state index in [1.165, 1.54) is 19.3 Å². The van der Waals surface area contributed by atoms with E-state index in [-0.39, 0.29) is 0 Å². The van der Waals surface area contributed by atoms with Crippen molar-refractivity contribution in [3.63, 3.8) is 0 Å². The molecule has 0 bridgehead atoms. The minimum Gasteiger partial charge on any atom is -0.301 e. The van der Waals surface area contributed by atoms with Crippen LogP contribution in [0.1, 0.15) is 33.1 Å². The van der Waals surface area contributed by atoms with E-state index in [9.17, 15) is 0 Å². The van der Waals surface area contributed by atoms with E-state index in [4.69, 9.17) is 0 Å². The average molecular weight is 137 g/mol. The van der Waals surface area contributed by atoms with E-state index in [1.54, 1.807) is 0 Å². The van der Waals surface area contributed by atoms with Gasteiger partial charge in [0.25, 0.3) is 0 Å². The van der Waals surface area contributed by atoms with Gasteiger partial charge in [-0.1, -0.05) is 5.92 Å². The molecule has 10 heavy (non-hydrogen) atoms. The highest BCUT2D eigenvalue weighted by molar-refractivity contribution is 5.01. The van der Waals surface area contributed by atoms with E-state index in [2.05, 4.69) is 24.1 Å². The maximum absolute atomic E-state index is 3.42. The van der Waals surface area contributed by atoms with Gasteiger partial charge in [-0.15, -0.1) is 5.92 Å². The molecule has 0 aromatic heterocycles. The maximum Gasteiger partial charge on any atom is 0.0580 e. The third-order valence-electron chi connectivity index (χ3n) is 2.24. The van der Waals surface area contributed by atoms with Crippen LogP contribution in [0, 0.1) is 11.8 Å². The molecule has 0 unspecified atom stereocenters. The normalized spacial score (nSPS) is 20.6. The predicted octanol–water partition coefficient (Wildman–Crippen LogP) is 1.54. The zero-order valence-corrected chi connectivity index (χ0v) is 6.83. The molecule has 0 aromatic carbocycles. The average Bonchev–Trinajstić information content (AvgIpc) is 1.85. The van der Waals surface area contributed by atoms with Crippen molar-refractivity contribution in [3.05, 3.63) is 0 Å². The summed E-state index contributed by atoms with van der Waals surface area (Å²) < 4.78 is 0. The number of hydrogen-bond donors (Lipinski definition) is 1. The first kappa shape index (κ1) is 7.63. The molecular formula is C9H15N. The molecular weight excluding hydrogens is 122 g/mol. The van der Waals surface area contributed by atoms with Crippen LogP contribution in [0.3, 0.4) is 0 Å². The summed E-state index contributed by atoms with van der Waals surface area (Å²) in [6.07, 6.45) is 4.01. The molecule has 56 valence electrons. The van der Waals surface area contributed by atoms with Gasteiger partial charge in [0.05, 0.1) is 6.54 Å². The lowest BCUT2D eigenvalue weighted by atomic mass is 9.78. The second-order valence-corrected chi connectivity index (χ2v) is 3.19. The molecule has 0 aliphatic heterocycles. The Hall–Kier alpha value is -0.480. The summed E-state index contributed by atoms with van der Waals surface area (Å²) in [5.74, 6) is 5.89. The van der Waals surface area contributed by atoms with Gasteiger partial charge in [-0.05, 0) is 33.1 Å². The second-order valence-electron chi connectivity index (χ2n) is 3.19. The topological polar surface area (TPSA) is 12.0 Å². The molecule has 0 atom stereocenters. The highest BCUT2D eigenvalue weighted by Gasteiger charge is 2.30. The Labute approximate surface area is 63.2 Å². The van der Waals surface area contributed by atoms with E-state index in [0.29, 0.717) is 5.54 Å². The monoisotopic (exact) mass is 137 g/mol. The summed E-state index contributed by atoms with van der Waals surface area (Å²) in [6.45, 7) is 5.01. The Morgan fingerprint density at radius 2 is 2.20 bits per heavy atom. The van der Waals surface area contributed by atoms with Crippen LogP contribution >= 0.6 is 0 Å². The van der Waals surface area contributed by atoms with Crippen molar-refractivity contribution < 1.29 is 0 Å². The van der Waals surface area contributed by atoms with Crippen LogP contribution in [-0.2, 0) is 0 Å². The molecule has 1 fully saturated rings.